The molecule has 0 spiro atoms. The van der Waals surface area contributed by atoms with E-state index in [1.807, 2.05) is 0 Å². The van der Waals surface area contributed by atoms with Crippen LogP contribution in [-0.4, -0.2) is 0 Å². The van der Waals surface area contributed by atoms with Gasteiger partial charge in [0, 0.05) is 6.42 Å². The summed E-state index contributed by atoms with van der Waals surface area (Å²) in [6.45, 7) is 4.43. The molecule has 0 nitrogen and oxygen atoms in total. The Morgan fingerprint density at radius 1 is 1.19 bits per heavy atom. The minimum absolute atomic E-state index is 0.481. The molecule has 0 amide bonds. The van der Waals surface area contributed by atoms with Gasteiger partial charge in [-0.05, 0) is 29.9 Å². The summed E-state index contributed by atoms with van der Waals surface area (Å²) in [5.74, 6) is 3.20. The molecule has 0 radical (unpaired) electrons. The molecule has 1 aromatic carbocycles. The predicted octanol–water partition coefficient (Wildman–Crippen LogP) is 4.55. The lowest BCUT2D eigenvalue weighted by atomic mass is 9.96. The van der Waals surface area contributed by atoms with Crippen molar-refractivity contribution in [1.82, 2.24) is 0 Å². The summed E-state index contributed by atoms with van der Waals surface area (Å²) in [7, 11) is 0. The number of hydrogen-bond acceptors (Lipinski definition) is 0. The lowest BCUT2D eigenvalue weighted by molar-refractivity contribution is 0.716. The van der Waals surface area contributed by atoms with Crippen molar-refractivity contribution in [1.29, 1.82) is 0 Å². The molecular weight excluding hydrogens is 192 g/mol. The Hall–Kier alpha value is -1.22. The molecule has 0 aliphatic carbocycles. The van der Waals surface area contributed by atoms with E-state index in [1.54, 1.807) is 0 Å². The van der Waals surface area contributed by atoms with Crippen LogP contribution >= 0.6 is 0 Å². The molecule has 0 bridgehead atoms. The van der Waals surface area contributed by atoms with E-state index in [0.717, 1.165) is 6.42 Å². The first kappa shape index (κ1) is 12.8. The van der Waals surface area contributed by atoms with Crippen LogP contribution < -0.4 is 0 Å². The second-order valence-electron chi connectivity index (χ2n) is 4.51. The molecule has 16 heavy (non-hydrogen) atoms. The van der Waals surface area contributed by atoms with Gasteiger partial charge in [0.05, 0.1) is 0 Å². The van der Waals surface area contributed by atoms with E-state index in [4.69, 9.17) is 6.42 Å². The minimum atomic E-state index is 0.481. The number of aryl methyl sites for hydroxylation is 1. The van der Waals surface area contributed by atoms with E-state index in [-0.39, 0.29) is 0 Å². The molecule has 0 N–H and O–H groups in total. The van der Waals surface area contributed by atoms with Crippen LogP contribution in [-0.2, 0) is 6.42 Å². The highest BCUT2D eigenvalue weighted by Gasteiger charge is 2.03. The normalized spacial score (nSPS) is 12.1. The summed E-state index contributed by atoms with van der Waals surface area (Å²) >= 11 is 0. The van der Waals surface area contributed by atoms with Crippen LogP contribution in [0.2, 0.25) is 0 Å². The average molecular weight is 214 g/mol. The molecule has 1 unspecified atom stereocenters. The van der Waals surface area contributed by atoms with Gasteiger partial charge in [-0.2, -0.15) is 0 Å². The largest absolute Gasteiger partial charge is 0.120 e. The van der Waals surface area contributed by atoms with E-state index in [2.05, 4.69) is 44.0 Å². The second kappa shape index (κ2) is 7.12. The molecule has 0 fully saturated rings. The van der Waals surface area contributed by atoms with Gasteiger partial charge in [-0.3, -0.25) is 0 Å². The van der Waals surface area contributed by atoms with Crippen molar-refractivity contribution in [2.75, 3.05) is 0 Å². The SMILES string of the molecule is C#CCC(C)c1ccc(CCCCC)cc1. The Balaban J connectivity index is 2.51. The molecule has 0 saturated carbocycles. The molecule has 0 aromatic heterocycles. The molecule has 1 atom stereocenters. The van der Waals surface area contributed by atoms with Crippen molar-refractivity contribution in [2.24, 2.45) is 0 Å². The van der Waals surface area contributed by atoms with E-state index in [0.29, 0.717) is 5.92 Å². The first-order valence-corrected chi connectivity index (χ1v) is 6.30. The number of terminal acetylenes is 1. The zero-order chi connectivity index (χ0) is 11.8. The summed E-state index contributed by atoms with van der Waals surface area (Å²) in [6, 6.07) is 8.95. The topological polar surface area (TPSA) is 0 Å². The summed E-state index contributed by atoms with van der Waals surface area (Å²) in [5.41, 5.74) is 2.81. The second-order valence-corrected chi connectivity index (χ2v) is 4.51. The number of unbranched alkanes of at least 4 members (excludes halogenated alkanes) is 2. The summed E-state index contributed by atoms with van der Waals surface area (Å²) in [4.78, 5) is 0. The standard InChI is InChI=1S/C16H22/c1-4-6-7-9-15-10-12-16(13-11-15)14(3)8-5-2/h2,10-14H,4,6-9H2,1,3H3. The van der Waals surface area contributed by atoms with Gasteiger partial charge in [-0.1, -0.05) is 51.0 Å². The molecule has 1 aromatic rings. The van der Waals surface area contributed by atoms with Crippen molar-refractivity contribution in [2.45, 2.75) is 51.9 Å². The Kier molecular flexibility index (Phi) is 5.72. The Morgan fingerprint density at radius 2 is 1.88 bits per heavy atom. The first-order chi connectivity index (χ1) is 7.77. The Labute approximate surface area is 100 Å². The van der Waals surface area contributed by atoms with E-state index in [9.17, 15) is 0 Å². The van der Waals surface area contributed by atoms with E-state index in [1.165, 1.54) is 36.8 Å². The zero-order valence-electron chi connectivity index (χ0n) is 10.5. The van der Waals surface area contributed by atoms with Gasteiger partial charge in [0.2, 0.25) is 0 Å². The van der Waals surface area contributed by atoms with Crippen molar-refractivity contribution in [3.8, 4) is 12.3 Å². The monoisotopic (exact) mass is 214 g/mol. The maximum absolute atomic E-state index is 5.33. The third-order valence-electron chi connectivity index (χ3n) is 3.04. The quantitative estimate of drug-likeness (QED) is 0.481. The average Bonchev–Trinajstić information content (AvgIpc) is 2.30. The van der Waals surface area contributed by atoms with Crippen molar-refractivity contribution in [3.63, 3.8) is 0 Å². The van der Waals surface area contributed by atoms with Crippen LogP contribution in [0.25, 0.3) is 0 Å². The molecule has 0 heterocycles. The van der Waals surface area contributed by atoms with Gasteiger partial charge >= 0.3 is 0 Å². The van der Waals surface area contributed by atoms with Gasteiger partial charge in [-0.25, -0.2) is 0 Å². The van der Waals surface area contributed by atoms with Crippen LogP contribution in [0.3, 0.4) is 0 Å². The van der Waals surface area contributed by atoms with E-state index < -0.39 is 0 Å². The molecule has 0 heteroatoms. The fourth-order valence-electron chi connectivity index (χ4n) is 1.89. The molecular formula is C16H22. The molecule has 86 valence electrons. The highest BCUT2D eigenvalue weighted by molar-refractivity contribution is 5.25. The van der Waals surface area contributed by atoms with Gasteiger partial charge in [0.25, 0.3) is 0 Å². The van der Waals surface area contributed by atoms with Crippen LogP contribution in [0.4, 0.5) is 0 Å². The lowest BCUT2D eigenvalue weighted by Gasteiger charge is -2.09. The zero-order valence-corrected chi connectivity index (χ0v) is 10.5. The van der Waals surface area contributed by atoms with Crippen LogP contribution in [0, 0.1) is 12.3 Å². The third-order valence-corrected chi connectivity index (χ3v) is 3.04. The minimum Gasteiger partial charge on any atom is -0.120 e. The van der Waals surface area contributed by atoms with Crippen molar-refractivity contribution in [3.05, 3.63) is 35.4 Å². The number of rotatable bonds is 6. The van der Waals surface area contributed by atoms with Crippen molar-refractivity contribution < 1.29 is 0 Å². The molecule has 0 saturated heterocycles. The summed E-state index contributed by atoms with van der Waals surface area (Å²) in [6.07, 6.45) is 11.3. The lowest BCUT2D eigenvalue weighted by Crippen LogP contribution is -1.93. The number of benzene rings is 1. The van der Waals surface area contributed by atoms with Crippen LogP contribution in [0.5, 0.6) is 0 Å². The first-order valence-electron chi connectivity index (χ1n) is 6.30. The van der Waals surface area contributed by atoms with Gasteiger partial charge < -0.3 is 0 Å². The fourth-order valence-corrected chi connectivity index (χ4v) is 1.89. The van der Waals surface area contributed by atoms with Gasteiger partial charge in [-0.15, -0.1) is 12.3 Å². The van der Waals surface area contributed by atoms with Crippen LogP contribution in [0.1, 0.15) is 56.6 Å². The maximum atomic E-state index is 5.33. The highest BCUT2D eigenvalue weighted by atomic mass is 14.1. The van der Waals surface area contributed by atoms with Crippen molar-refractivity contribution >= 4 is 0 Å². The number of hydrogen-bond donors (Lipinski definition) is 0. The van der Waals surface area contributed by atoms with Crippen LogP contribution in [0.15, 0.2) is 24.3 Å². The maximum Gasteiger partial charge on any atom is 0.0152 e. The Morgan fingerprint density at radius 3 is 2.44 bits per heavy atom. The fraction of sp³-hybridized carbons (Fsp3) is 0.500. The molecule has 1 rings (SSSR count). The van der Waals surface area contributed by atoms with Gasteiger partial charge in [0.15, 0.2) is 0 Å². The Bertz CT molecular complexity index is 326. The molecule has 0 aliphatic rings. The third kappa shape index (κ3) is 4.11. The highest BCUT2D eigenvalue weighted by Crippen LogP contribution is 2.19. The summed E-state index contributed by atoms with van der Waals surface area (Å²) in [5, 5.41) is 0. The molecule has 0 aliphatic heterocycles. The smallest absolute Gasteiger partial charge is 0.0152 e. The summed E-state index contributed by atoms with van der Waals surface area (Å²) < 4.78 is 0. The van der Waals surface area contributed by atoms with E-state index >= 15 is 0 Å². The van der Waals surface area contributed by atoms with Gasteiger partial charge in [0.1, 0.15) is 0 Å². The predicted molar refractivity (Wildman–Crippen MR) is 71.5 cm³/mol.